The van der Waals surface area contributed by atoms with Crippen molar-refractivity contribution in [3.63, 3.8) is 0 Å². The number of hydrogen-bond acceptors (Lipinski definition) is 6. The molecule has 52 heavy (non-hydrogen) atoms. The molecule has 2 N–H and O–H groups in total. The number of carbonyl (C=O) groups is 3. The maximum Gasteiger partial charge on any atom is 0.419 e. The summed E-state index contributed by atoms with van der Waals surface area (Å²) in [5.41, 5.74) is 3.38. The number of halogens is 2. The Morgan fingerprint density at radius 3 is 2.31 bits per heavy atom. The quantitative estimate of drug-likeness (QED) is 0.139. The standard InChI is InChI=1S/C41H40Cl2N4O5/c1-41(2,3)52-40(51)47-25-28(35-33(47)21-20-30(42)36(35)43)23-32(39(49)50)44-37(27-15-8-5-9-16-27)29-17-10-11-18-31(29)45-38(48)34-19-12-22-46(34)24-26-13-6-4-7-14-26/h4-11,13-18,20-21,25,32,34H,12,19,22-24H2,1-3H3,(H,45,48)(H,49,50)/t32-,34-/m0/s1. The molecule has 0 bridgehead atoms. The molecule has 0 aliphatic carbocycles. The van der Waals surface area contributed by atoms with E-state index in [1.807, 2.05) is 66.7 Å². The molecule has 0 radical (unpaired) electrons. The number of carboxylic acid groups (broad SMARTS) is 1. The van der Waals surface area contributed by atoms with Crippen molar-refractivity contribution in [3.8, 4) is 0 Å². The van der Waals surface area contributed by atoms with Gasteiger partial charge in [-0.25, -0.2) is 9.59 Å². The van der Waals surface area contributed by atoms with E-state index in [0.29, 0.717) is 45.5 Å². The van der Waals surface area contributed by atoms with Gasteiger partial charge in [-0.05, 0) is 69.5 Å². The molecule has 1 aromatic heterocycles. The number of para-hydroxylation sites is 1. The van der Waals surface area contributed by atoms with Crippen LogP contribution in [0.1, 0.15) is 55.9 Å². The van der Waals surface area contributed by atoms with Gasteiger partial charge in [0.05, 0.1) is 33.0 Å². The van der Waals surface area contributed by atoms with Gasteiger partial charge in [0.1, 0.15) is 5.60 Å². The molecule has 4 aromatic carbocycles. The highest BCUT2D eigenvalue weighted by molar-refractivity contribution is 6.45. The largest absolute Gasteiger partial charge is 0.480 e. The van der Waals surface area contributed by atoms with Crippen molar-refractivity contribution in [2.24, 2.45) is 4.99 Å². The van der Waals surface area contributed by atoms with Gasteiger partial charge in [0.2, 0.25) is 5.91 Å². The lowest BCUT2D eigenvalue weighted by atomic mass is 9.98. The summed E-state index contributed by atoms with van der Waals surface area (Å²) >= 11 is 13.1. The molecular formula is C41H40Cl2N4O5. The minimum Gasteiger partial charge on any atom is -0.480 e. The van der Waals surface area contributed by atoms with Gasteiger partial charge >= 0.3 is 12.1 Å². The lowest BCUT2D eigenvalue weighted by molar-refractivity contribution is -0.138. The number of carbonyl (C=O) groups excluding carboxylic acids is 2. The van der Waals surface area contributed by atoms with Crippen LogP contribution in [0.3, 0.4) is 0 Å². The van der Waals surface area contributed by atoms with Crippen LogP contribution in [-0.2, 0) is 27.3 Å². The molecule has 0 unspecified atom stereocenters. The number of amides is 1. The third-order valence-corrected chi connectivity index (χ3v) is 9.70. The molecule has 1 fully saturated rings. The average molecular weight is 740 g/mol. The number of hydrogen-bond donors (Lipinski definition) is 2. The molecule has 1 aliphatic rings. The molecule has 6 rings (SSSR count). The summed E-state index contributed by atoms with van der Waals surface area (Å²) in [7, 11) is 0. The van der Waals surface area contributed by atoms with Gasteiger partial charge in [-0.1, -0.05) is 102 Å². The van der Waals surface area contributed by atoms with E-state index in [2.05, 4.69) is 22.3 Å². The number of likely N-dealkylation sites (tertiary alicyclic amines) is 1. The number of anilines is 1. The highest BCUT2D eigenvalue weighted by atomic mass is 35.5. The summed E-state index contributed by atoms with van der Waals surface area (Å²) in [5.74, 6) is -1.32. The second kappa shape index (κ2) is 15.7. The van der Waals surface area contributed by atoms with Crippen LogP contribution in [0.2, 0.25) is 10.0 Å². The first-order valence-corrected chi connectivity index (χ1v) is 17.9. The van der Waals surface area contributed by atoms with E-state index < -0.39 is 23.7 Å². The summed E-state index contributed by atoms with van der Waals surface area (Å²) in [6.07, 6.45) is 2.40. The molecule has 9 nitrogen and oxygen atoms in total. The Morgan fingerprint density at radius 1 is 0.942 bits per heavy atom. The van der Waals surface area contributed by atoms with E-state index in [1.165, 1.54) is 10.8 Å². The summed E-state index contributed by atoms with van der Waals surface area (Å²) < 4.78 is 6.95. The van der Waals surface area contributed by atoms with Crippen LogP contribution in [0.15, 0.2) is 108 Å². The zero-order valence-electron chi connectivity index (χ0n) is 29.2. The van der Waals surface area contributed by atoms with E-state index in [1.54, 1.807) is 39.0 Å². The first-order chi connectivity index (χ1) is 24.9. The molecule has 1 aliphatic heterocycles. The van der Waals surface area contributed by atoms with Crippen LogP contribution in [-0.4, -0.2) is 62.5 Å². The normalized spacial score (nSPS) is 15.8. The lowest BCUT2D eigenvalue weighted by Crippen LogP contribution is -2.39. The second-order valence-corrected chi connectivity index (χ2v) is 14.6. The van der Waals surface area contributed by atoms with E-state index in [-0.39, 0.29) is 28.4 Å². The number of rotatable bonds is 10. The first-order valence-electron chi connectivity index (χ1n) is 17.1. The zero-order chi connectivity index (χ0) is 37.0. The van der Waals surface area contributed by atoms with Crippen molar-refractivity contribution < 1.29 is 24.2 Å². The highest BCUT2D eigenvalue weighted by Gasteiger charge is 2.32. The number of nitrogens with zero attached hydrogens (tertiary/aromatic N) is 3. The lowest BCUT2D eigenvalue weighted by Gasteiger charge is -2.24. The molecule has 2 heterocycles. The summed E-state index contributed by atoms with van der Waals surface area (Å²) in [6, 6.07) is 28.2. The van der Waals surface area contributed by atoms with Crippen LogP contribution in [0.25, 0.3) is 10.9 Å². The topological polar surface area (TPSA) is 113 Å². The van der Waals surface area contributed by atoms with E-state index in [0.717, 1.165) is 24.9 Å². The number of fused-ring (bicyclic) bond motifs is 1. The summed E-state index contributed by atoms with van der Waals surface area (Å²) in [4.78, 5) is 47.2. The Morgan fingerprint density at radius 2 is 1.62 bits per heavy atom. The van der Waals surface area contributed by atoms with Gasteiger partial charge < -0.3 is 15.2 Å². The van der Waals surface area contributed by atoms with Gasteiger partial charge in [0, 0.05) is 35.7 Å². The fourth-order valence-corrected chi connectivity index (χ4v) is 6.98. The SMILES string of the molecule is CC(C)(C)OC(=O)n1cc(C[C@H](N=C(c2ccccc2)c2ccccc2NC(=O)[C@@H]2CCCN2Cc2ccccc2)C(=O)O)c2c(Cl)c(Cl)ccc21. The molecule has 1 amide bonds. The van der Waals surface area contributed by atoms with Crippen molar-refractivity contribution in [1.82, 2.24) is 9.47 Å². The predicted molar refractivity (Wildman–Crippen MR) is 206 cm³/mol. The Kier molecular flexibility index (Phi) is 11.1. The Balaban J connectivity index is 1.37. The van der Waals surface area contributed by atoms with Crippen LogP contribution in [0.4, 0.5) is 10.5 Å². The van der Waals surface area contributed by atoms with Crippen molar-refractivity contribution in [2.75, 3.05) is 11.9 Å². The van der Waals surface area contributed by atoms with Crippen molar-refractivity contribution in [2.45, 2.75) is 64.3 Å². The zero-order valence-corrected chi connectivity index (χ0v) is 30.7. The number of ether oxygens (including phenoxy) is 1. The van der Waals surface area contributed by atoms with Crippen molar-refractivity contribution >= 4 is 63.5 Å². The Hall–Kier alpha value is -4.96. The van der Waals surface area contributed by atoms with Gasteiger partial charge in [-0.3, -0.25) is 19.3 Å². The fraction of sp³-hybridized carbons (Fsp3) is 0.268. The summed E-state index contributed by atoms with van der Waals surface area (Å²) in [6.45, 7) is 6.76. The van der Waals surface area contributed by atoms with E-state index in [4.69, 9.17) is 32.9 Å². The molecule has 2 atom stereocenters. The molecule has 0 spiro atoms. The van der Waals surface area contributed by atoms with E-state index >= 15 is 0 Å². The van der Waals surface area contributed by atoms with Gasteiger partial charge in [0.25, 0.3) is 0 Å². The molecule has 5 aromatic rings. The smallest absolute Gasteiger partial charge is 0.419 e. The maximum absolute atomic E-state index is 13.9. The Labute approximate surface area is 312 Å². The average Bonchev–Trinajstić information content (AvgIpc) is 3.73. The maximum atomic E-state index is 13.9. The molecule has 0 saturated carbocycles. The predicted octanol–water partition coefficient (Wildman–Crippen LogP) is 8.87. The minimum atomic E-state index is -1.32. The number of aliphatic carboxylic acids is 1. The number of nitrogens with one attached hydrogen (secondary N) is 1. The molecule has 11 heteroatoms. The van der Waals surface area contributed by atoms with E-state index in [9.17, 15) is 19.5 Å². The minimum absolute atomic E-state index is 0.122. The first kappa shape index (κ1) is 36.8. The summed E-state index contributed by atoms with van der Waals surface area (Å²) in [5, 5.41) is 14.6. The Bertz CT molecular complexity index is 2130. The number of benzene rings is 4. The van der Waals surface area contributed by atoms with Crippen LogP contribution in [0.5, 0.6) is 0 Å². The second-order valence-electron chi connectivity index (χ2n) is 13.8. The molecule has 268 valence electrons. The van der Waals surface area contributed by atoms with Crippen molar-refractivity contribution in [1.29, 1.82) is 0 Å². The number of aliphatic imine (C=N–C) groups is 1. The van der Waals surface area contributed by atoms with Gasteiger partial charge in [0.15, 0.2) is 6.04 Å². The molecule has 1 saturated heterocycles. The molecular weight excluding hydrogens is 699 g/mol. The van der Waals surface area contributed by atoms with Gasteiger partial charge in [-0.2, -0.15) is 0 Å². The third kappa shape index (κ3) is 8.39. The fourth-order valence-electron chi connectivity index (χ4n) is 6.55. The third-order valence-electron chi connectivity index (χ3n) is 8.89. The highest BCUT2D eigenvalue weighted by Crippen LogP contribution is 2.36. The van der Waals surface area contributed by atoms with Crippen LogP contribution >= 0.6 is 23.2 Å². The number of aromatic nitrogens is 1. The van der Waals surface area contributed by atoms with Crippen molar-refractivity contribution in [3.05, 3.63) is 136 Å². The number of carboxylic acids is 1. The van der Waals surface area contributed by atoms with Gasteiger partial charge in [-0.15, -0.1) is 0 Å². The van der Waals surface area contributed by atoms with Crippen LogP contribution in [0, 0.1) is 0 Å². The van der Waals surface area contributed by atoms with Crippen LogP contribution < -0.4 is 5.32 Å². The monoisotopic (exact) mass is 738 g/mol.